The molecule has 1 aromatic rings. The van der Waals surface area contributed by atoms with Crippen LogP contribution in [0.15, 0.2) is 6.07 Å². The summed E-state index contributed by atoms with van der Waals surface area (Å²) in [5.41, 5.74) is 1.49. The van der Waals surface area contributed by atoms with Gasteiger partial charge in [0.2, 0.25) is 15.9 Å². The Balaban J connectivity index is 1.48. The van der Waals surface area contributed by atoms with Crippen LogP contribution in [-0.2, 0) is 35.6 Å². The first-order valence-electron chi connectivity index (χ1n) is 13.7. The van der Waals surface area contributed by atoms with Crippen LogP contribution >= 0.6 is 0 Å². The molecule has 0 aromatic heterocycles. The van der Waals surface area contributed by atoms with E-state index in [-0.39, 0.29) is 36.4 Å². The van der Waals surface area contributed by atoms with E-state index in [4.69, 9.17) is 5.73 Å². The molecule has 1 amide bonds. The quantitative estimate of drug-likeness (QED) is 0.215. The largest absolute Gasteiger partial charge is 0.505 e. The highest BCUT2D eigenvalue weighted by Gasteiger charge is 2.69. The molecule has 3 aliphatic carbocycles. The number of hydrogen-bond donors (Lipinski definition) is 4. The third-order valence-corrected chi connectivity index (χ3v) is 11.0. The van der Waals surface area contributed by atoms with Gasteiger partial charge >= 0.3 is 0 Å². The van der Waals surface area contributed by atoms with Gasteiger partial charge in [-0.15, -0.1) is 0 Å². The molecule has 1 aliphatic heterocycles. The zero-order valence-corrected chi connectivity index (χ0v) is 23.9. The molecule has 5 rings (SSSR count). The lowest BCUT2D eigenvalue weighted by atomic mass is 9.52. The maximum absolute atomic E-state index is 15.4. The van der Waals surface area contributed by atoms with Gasteiger partial charge in [-0.25, -0.2) is 17.1 Å². The van der Waals surface area contributed by atoms with E-state index in [1.54, 1.807) is 0 Å². The van der Waals surface area contributed by atoms with Crippen LogP contribution in [0.5, 0.6) is 5.75 Å². The normalized spacial score (nSPS) is 31.6. The first-order chi connectivity index (χ1) is 19.6. The van der Waals surface area contributed by atoms with Crippen molar-refractivity contribution in [1.82, 2.24) is 9.21 Å². The number of aromatic hydroxyl groups is 1. The summed E-state index contributed by atoms with van der Waals surface area (Å²) in [6.45, 7) is 0.616. The first kappa shape index (κ1) is 30.2. The predicted molar refractivity (Wildman–Crippen MR) is 144 cm³/mol. The second-order valence-corrected chi connectivity index (χ2v) is 13.8. The molecule has 5 N–H and O–H groups in total. The number of rotatable bonds is 7. The van der Waals surface area contributed by atoms with Gasteiger partial charge in [0.1, 0.15) is 11.6 Å². The summed E-state index contributed by atoms with van der Waals surface area (Å²) in [7, 11) is -0.650. The number of phenolic OH excluding ortho intramolecular Hbond substituents is 1. The molecule has 2 unspecified atom stereocenters. The van der Waals surface area contributed by atoms with E-state index in [9.17, 15) is 42.6 Å². The van der Waals surface area contributed by atoms with Crippen LogP contribution in [-0.4, -0.2) is 108 Å². The standard InChI is InChI=1S/C27H33FN4O9S/c1-31(2)20-14-10-12-9-13-15(28)11-16(30-5-8-42(40,41)32-6-3-4-7-32)21(33)18(13)22(34)17(12)24(36)27(14,39)25(37)19(23(20)35)26(29)38/h11-12,14,17,19-20,30,33,39H,3-10H2,1-2H3,(H2,29,38)/t12-,14-,17?,19?,20-,27-/m0/s1. The SMILES string of the molecule is CN(C)[C@@H]1C(=O)C(C(N)=O)C(=O)[C@@]2(O)C(=O)C3C(=O)c4c(O)c(NCCS(=O)(=O)N5CCCC5)cc(F)c4C[C@H]3C[C@@H]12. The second-order valence-electron chi connectivity index (χ2n) is 11.7. The van der Waals surface area contributed by atoms with Crippen molar-refractivity contribution in [1.29, 1.82) is 0 Å². The van der Waals surface area contributed by atoms with E-state index >= 15 is 4.39 Å². The number of benzene rings is 1. The molecule has 15 heteroatoms. The van der Waals surface area contributed by atoms with Crippen LogP contribution in [0.2, 0.25) is 0 Å². The summed E-state index contributed by atoms with van der Waals surface area (Å²) in [6, 6.07) is -0.313. The lowest BCUT2D eigenvalue weighted by Gasteiger charge is -2.52. The average molecular weight is 609 g/mol. The van der Waals surface area contributed by atoms with Crippen molar-refractivity contribution in [3.05, 3.63) is 23.0 Å². The summed E-state index contributed by atoms with van der Waals surface area (Å²) >= 11 is 0. The molecule has 0 radical (unpaired) electrons. The maximum Gasteiger partial charge on any atom is 0.235 e. The monoisotopic (exact) mass is 608 g/mol. The average Bonchev–Trinajstić information content (AvgIpc) is 3.45. The zero-order chi connectivity index (χ0) is 30.9. The van der Waals surface area contributed by atoms with Crippen LogP contribution in [0.3, 0.4) is 0 Å². The minimum Gasteiger partial charge on any atom is -0.505 e. The molecule has 4 aliphatic rings. The lowest BCUT2D eigenvalue weighted by Crippen LogP contribution is -2.74. The minimum absolute atomic E-state index is 0.169. The molecule has 3 fully saturated rings. The van der Waals surface area contributed by atoms with E-state index in [1.807, 2.05) is 0 Å². The molecule has 1 saturated heterocycles. The Hall–Kier alpha value is -3.27. The summed E-state index contributed by atoms with van der Waals surface area (Å²) in [5, 5.41) is 25.3. The van der Waals surface area contributed by atoms with Crippen molar-refractivity contribution in [3.63, 3.8) is 0 Å². The van der Waals surface area contributed by atoms with Crippen molar-refractivity contribution in [2.24, 2.45) is 29.4 Å². The second kappa shape index (κ2) is 10.5. The van der Waals surface area contributed by atoms with Gasteiger partial charge in [0.25, 0.3) is 0 Å². The van der Waals surface area contributed by atoms with Gasteiger partial charge in [0.05, 0.1) is 29.0 Å². The van der Waals surface area contributed by atoms with Gasteiger partial charge in [-0.1, -0.05) is 0 Å². The Kier molecular flexibility index (Phi) is 7.53. The van der Waals surface area contributed by atoms with Crippen molar-refractivity contribution >= 4 is 44.8 Å². The molecule has 13 nitrogen and oxygen atoms in total. The van der Waals surface area contributed by atoms with Gasteiger partial charge in [-0.2, -0.15) is 0 Å². The number of carbonyl (C=O) groups excluding carboxylic acids is 5. The van der Waals surface area contributed by atoms with E-state index < -0.39 is 91.5 Å². The number of nitrogens with one attached hydrogen (secondary N) is 1. The highest BCUT2D eigenvalue weighted by molar-refractivity contribution is 7.89. The third kappa shape index (κ3) is 4.44. The Bertz CT molecular complexity index is 1510. The Morgan fingerprint density at radius 2 is 1.83 bits per heavy atom. The van der Waals surface area contributed by atoms with Gasteiger partial charge in [0.15, 0.2) is 34.7 Å². The molecule has 228 valence electrons. The van der Waals surface area contributed by atoms with Crippen LogP contribution in [0.25, 0.3) is 0 Å². The fourth-order valence-corrected chi connectivity index (χ4v) is 8.60. The number of primary amides is 1. The van der Waals surface area contributed by atoms with Crippen LogP contribution in [0, 0.1) is 29.5 Å². The number of nitrogens with two attached hydrogens (primary N) is 1. The lowest BCUT2D eigenvalue weighted by molar-refractivity contribution is -0.181. The number of halogens is 1. The zero-order valence-electron chi connectivity index (χ0n) is 23.1. The number of carbonyl (C=O) groups is 5. The number of nitrogens with zero attached hydrogens (tertiary/aromatic N) is 2. The fourth-order valence-electron chi connectivity index (χ4n) is 7.17. The highest BCUT2D eigenvalue weighted by Crippen LogP contribution is 2.51. The minimum atomic E-state index is -3.59. The number of likely N-dealkylation sites (N-methyl/N-ethyl adjacent to an activating group) is 1. The highest BCUT2D eigenvalue weighted by atomic mass is 32.2. The summed E-state index contributed by atoms with van der Waals surface area (Å²) in [5.74, 6) is -13.7. The number of sulfonamides is 1. The number of anilines is 1. The third-order valence-electron chi connectivity index (χ3n) is 9.14. The fraction of sp³-hybridized carbons (Fsp3) is 0.593. The smallest absolute Gasteiger partial charge is 0.235 e. The molecule has 0 bridgehead atoms. The molecule has 6 atom stereocenters. The summed E-state index contributed by atoms with van der Waals surface area (Å²) in [6.07, 6.45) is 1.10. The number of aliphatic hydroxyl groups is 1. The number of amides is 1. The van der Waals surface area contributed by atoms with E-state index in [0.29, 0.717) is 13.1 Å². The van der Waals surface area contributed by atoms with Crippen molar-refractivity contribution in [2.45, 2.75) is 37.3 Å². The van der Waals surface area contributed by atoms with E-state index in [1.165, 1.54) is 23.3 Å². The van der Waals surface area contributed by atoms with Crippen molar-refractivity contribution in [2.75, 3.05) is 44.8 Å². The number of fused-ring (bicyclic) bond motifs is 3. The molecule has 42 heavy (non-hydrogen) atoms. The topological polar surface area (TPSA) is 204 Å². The number of Topliss-reactive ketones (excluding diaryl/α,β-unsaturated/α-hetero) is 4. The molecule has 2 saturated carbocycles. The number of ketones is 4. The van der Waals surface area contributed by atoms with Gasteiger partial charge in [-0.3, -0.25) is 28.9 Å². The summed E-state index contributed by atoms with van der Waals surface area (Å²) < 4.78 is 41.8. The van der Waals surface area contributed by atoms with Gasteiger partial charge in [-0.05, 0) is 45.7 Å². The Labute approximate surface area is 241 Å². The molecular weight excluding hydrogens is 575 g/mol. The van der Waals surface area contributed by atoms with Crippen molar-refractivity contribution in [3.8, 4) is 5.75 Å². The van der Waals surface area contributed by atoms with Crippen molar-refractivity contribution < 1.29 is 47.0 Å². The number of hydrogen-bond acceptors (Lipinski definition) is 11. The first-order valence-corrected chi connectivity index (χ1v) is 15.3. The van der Waals surface area contributed by atoms with Crippen LogP contribution in [0.4, 0.5) is 10.1 Å². The van der Waals surface area contributed by atoms with Gasteiger partial charge < -0.3 is 21.3 Å². The molecule has 1 aromatic carbocycles. The van der Waals surface area contributed by atoms with Crippen LogP contribution in [0.1, 0.15) is 35.2 Å². The Morgan fingerprint density at radius 1 is 1.19 bits per heavy atom. The van der Waals surface area contributed by atoms with E-state index in [0.717, 1.165) is 18.9 Å². The predicted octanol–water partition coefficient (Wildman–Crippen LogP) is -1.16. The Morgan fingerprint density at radius 3 is 2.43 bits per heavy atom. The van der Waals surface area contributed by atoms with Gasteiger partial charge in [0, 0.05) is 37.2 Å². The number of phenols is 1. The molecule has 1 heterocycles. The maximum atomic E-state index is 15.4. The van der Waals surface area contributed by atoms with E-state index in [2.05, 4.69) is 5.32 Å². The molecule has 0 spiro atoms. The molecular formula is C27H33FN4O9S. The van der Waals surface area contributed by atoms with Crippen LogP contribution < -0.4 is 11.1 Å². The summed E-state index contributed by atoms with van der Waals surface area (Å²) in [4.78, 5) is 67.4.